The van der Waals surface area contributed by atoms with Crippen LogP contribution in [0.15, 0.2) is 86.1 Å². The second kappa shape index (κ2) is 11.8. The minimum atomic E-state index is -4.05. The van der Waals surface area contributed by atoms with Gasteiger partial charge in [-0.15, -0.1) is 4.40 Å². The first-order valence-corrected chi connectivity index (χ1v) is 16.9. The number of aryl methyl sites for hydroxylation is 2. The van der Waals surface area contributed by atoms with Crippen LogP contribution >= 0.6 is 11.8 Å². The maximum absolute atomic E-state index is 13.3. The largest absolute Gasteiger partial charge is 0.494 e. The fourth-order valence-electron chi connectivity index (χ4n) is 4.33. The van der Waals surface area contributed by atoms with Crippen LogP contribution in [-0.4, -0.2) is 74.0 Å². The van der Waals surface area contributed by atoms with Crippen molar-refractivity contribution in [3.63, 3.8) is 0 Å². The number of H-pyrrole nitrogens is 1. The molecule has 0 spiro atoms. The quantitative estimate of drug-likeness (QED) is 0.167. The van der Waals surface area contributed by atoms with Crippen molar-refractivity contribution in [2.75, 3.05) is 32.1 Å². The number of fused-ring (bicyclic) bond motifs is 1. The van der Waals surface area contributed by atoms with Crippen molar-refractivity contribution in [3.8, 4) is 5.75 Å². The standard InChI is InChI=1S/C28H31N5O5S3/c1-4-38-22-9-14-25-26(17-22)30-28(29-25)39-18-27(31-40(34,35)23-10-5-20(2)6-11-23)32-15-16-33(19-32)41(36,37)24-12-7-21(3)8-13-24/h5-14,17H,4,15-16,18-19H2,1-3H3,(H,29,30)/b31-27+. The Morgan fingerprint density at radius 1 is 0.951 bits per heavy atom. The maximum Gasteiger partial charge on any atom is 0.283 e. The second-order valence-electron chi connectivity index (χ2n) is 9.64. The molecule has 1 aliphatic heterocycles. The van der Waals surface area contributed by atoms with Crippen molar-refractivity contribution < 1.29 is 21.6 Å². The fraction of sp³-hybridized carbons (Fsp3) is 0.286. The van der Waals surface area contributed by atoms with Gasteiger partial charge in [-0.1, -0.05) is 47.2 Å². The molecular formula is C28H31N5O5S3. The lowest BCUT2D eigenvalue weighted by Crippen LogP contribution is -2.35. The Labute approximate surface area is 244 Å². The number of ether oxygens (including phenoxy) is 1. The fourth-order valence-corrected chi connectivity index (χ4v) is 7.70. The first-order chi connectivity index (χ1) is 19.5. The molecule has 0 amide bonds. The molecule has 41 heavy (non-hydrogen) atoms. The van der Waals surface area contributed by atoms with E-state index in [2.05, 4.69) is 14.4 Å². The van der Waals surface area contributed by atoms with Crippen molar-refractivity contribution in [2.24, 2.45) is 4.40 Å². The molecule has 0 saturated carbocycles. The first-order valence-electron chi connectivity index (χ1n) is 13.0. The highest BCUT2D eigenvalue weighted by atomic mass is 32.2. The predicted octanol–water partition coefficient (Wildman–Crippen LogP) is 4.42. The molecule has 216 valence electrons. The van der Waals surface area contributed by atoms with E-state index in [1.165, 1.54) is 28.2 Å². The van der Waals surface area contributed by atoms with E-state index < -0.39 is 20.0 Å². The Morgan fingerprint density at radius 3 is 2.27 bits per heavy atom. The van der Waals surface area contributed by atoms with Gasteiger partial charge in [0.1, 0.15) is 11.6 Å². The van der Waals surface area contributed by atoms with Gasteiger partial charge >= 0.3 is 0 Å². The number of sulfonamides is 2. The zero-order valence-electron chi connectivity index (χ0n) is 22.9. The molecule has 1 aromatic heterocycles. The van der Waals surface area contributed by atoms with Gasteiger partial charge in [0, 0.05) is 19.2 Å². The van der Waals surface area contributed by atoms with Crippen molar-refractivity contribution in [3.05, 3.63) is 77.9 Å². The summed E-state index contributed by atoms with van der Waals surface area (Å²) in [5, 5.41) is 0.581. The summed E-state index contributed by atoms with van der Waals surface area (Å²) < 4.78 is 64.4. The van der Waals surface area contributed by atoms with E-state index in [-0.39, 0.29) is 34.6 Å². The van der Waals surface area contributed by atoms with Crippen molar-refractivity contribution >= 4 is 48.7 Å². The highest BCUT2D eigenvalue weighted by Gasteiger charge is 2.33. The van der Waals surface area contributed by atoms with Crippen LogP contribution in [-0.2, 0) is 20.0 Å². The lowest BCUT2D eigenvalue weighted by Gasteiger charge is -2.21. The van der Waals surface area contributed by atoms with Gasteiger partial charge in [-0.05, 0) is 57.2 Å². The molecule has 0 atom stereocenters. The Kier molecular flexibility index (Phi) is 8.41. The van der Waals surface area contributed by atoms with Crippen molar-refractivity contribution in [1.82, 2.24) is 19.2 Å². The van der Waals surface area contributed by atoms with Crippen LogP contribution in [0, 0.1) is 13.8 Å². The minimum Gasteiger partial charge on any atom is -0.494 e. The second-order valence-corrected chi connectivity index (χ2v) is 14.1. The number of aromatic amines is 1. The predicted molar refractivity (Wildman–Crippen MR) is 160 cm³/mol. The van der Waals surface area contributed by atoms with Crippen LogP contribution < -0.4 is 4.74 Å². The van der Waals surface area contributed by atoms with Crippen LogP contribution in [0.3, 0.4) is 0 Å². The smallest absolute Gasteiger partial charge is 0.283 e. The highest BCUT2D eigenvalue weighted by Crippen LogP contribution is 2.26. The molecular weight excluding hydrogens is 583 g/mol. The molecule has 13 heteroatoms. The molecule has 4 aromatic rings. The Hall–Kier alpha value is -3.39. The number of rotatable bonds is 9. The summed E-state index contributed by atoms with van der Waals surface area (Å²) in [6.45, 7) is 6.71. The average Bonchev–Trinajstić information content (AvgIpc) is 3.59. The van der Waals surface area contributed by atoms with Gasteiger partial charge in [0.15, 0.2) is 5.16 Å². The highest BCUT2D eigenvalue weighted by molar-refractivity contribution is 8.00. The minimum absolute atomic E-state index is 0.0170. The summed E-state index contributed by atoms with van der Waals surface area (Å²) in [5.74, 6) is 1.12. The first kappa shape index (κ1) is 29.1. The van der Waals surface area contributed by atoms with Gasteiger partial charge in [-0.25, -0.2) is 13.4 Å². The number of benzene rings is 3. The number of amidine groups is 1. The molecule has 5 rings (SSSR count). The average molecular weight is 614 g/mol. The van der Waals surface area contributed by atoms with E-state index in [1.807, 2.05) is 39.0 Å². The van der Waals surface area contributed by atoms with Crippen molar-refractivity contribution in [1.29, 1.82) is 0 Å². The van der Waals surface area contributed by atoms with Crippen LogP contribution in [0.5, 0.6) is 5.75 Å². The Morgan fingerprint density at radius 2 is 1.61 bits per heavy atom. The summed E-state index contributed by atoms with van der Waals surface area (Å²) in [7, 11) is -7.81. The zero-order chi connectivity index (χ0) is 29.2. The van der Waals surface area contributed by atoms with Gasteiger partial charge in [-0.2, -0.15) is 12.7 Å². The lowest BCUT2D eigenvalue weighted by molar-refractivity contribution is 0.340. The summed E-state index contributed by atoms with van der Waals surface area (Å²) in [6.07, 6.45) is 0. The van der Waals surface area contributed by atoms with Gasteiger partial charge < -0.3 is 14.6 Å². The topological polar surface area (TPSA) is 125 Å². The third-order valence-corrected chi connectivity index (χ3v) is 10.6. The third-order valence-electron chi connectivity index (χ3n) is 6.60. The summed E-state index contributed by atoms with van der Waals surface area (Å²) in [4.78, 5) is 9.80. The van der Waals surface area contributed by atoms with E-state index in [0.717, 1.165) is 27.9 Å². The van der Waals surface area contributed by atoms with Crippen LogP contribution in [0.25, 0.3) is 11.0 Å². The molecule has 1 N–H and O–H groups in total. The van der Waals surface area contributed by atoms with Crippen LogP contribution in [0.4, 0.5) is 0 Å². The number of nitrogens with one attached hydrogen (secondary N) is 1. The van der Waals surface area contributed by atoms with Gasteiger partial charge in [0.05, 0.1) is 39.9 Å². The normalized spacial score (nSPS) is 15.1. The van der Waals surface area contributed by atoms with E-state index in [9.17, 15) is 16.8 Å². The number of imidazole rings is 1. The number of nitrogens with zero attached hydrogens (tertiary/aromatic N) is 4. The molecule has 1 fully saturated rings. The molecule has 0 bridgehead atoms. The van der Waals surface area contributed by atoms with Crippen LogP contribution in [0.1, 0.15) is 18.1 Å². The molecule has 3 aromatic carbocycles. The SMILES string of the molecule is CCOc1ccc2nc(SC/C(=N\S(=O)(=O)c3ccc(C)cc3)N3CCN(S(=O)(=O)c4ccc(C)cc4)C3)[nH]c2c1. The van der Waals surface area contributed by atoms with Gasteiger partial charge in [-0.3, -0.25) is 0 Å². The van der Waals surface area contributed by atoms with Crippen LogP contribution in [0.2, 0.25) is 0 Å². The third kappa shape index (κ3) is 6.58. The summed E-state index contributed by atoms with van der Waals surface area (Å²) in [6, 6.07) is 18.7. The van der Waals surface area contributed by atoms with E-state index in [1.54, 1.807) is 41.3 Å². The van der Waals surface area contributed by atoms with Gasteiger partial charge in [0.25, 0.3) is 10.0 Å². The Balaban J connectivity index is 1.42. The van der Waals surface area contributed by atoms with E-state index >= 15 is 0 Å². The summed E-state index contributed by atoms with van der Waals surface area (Å²) >= 11 is 1.29. The molecule has 1 saturated heterocycles. The maximum atomic E-state index is 13.3. The molecule has 2 heterocycles. The molecule has 10 nitrogen and oxygen atoms in total. The monoisotopic (exact) mass is 613 g/mol. The van der Waals surface area contributed by atoms with Crippen molar-refractivity contribution in [2.45, 2.75) is 35.7 Å². The molecule has 0 unspecified atom stereocenters. The molecule has 0 radical (unpaired) electrons. The number of hydrogen-bond acceptors (Lipinski definition) is 7. The molecule has 0 aliphatic carbocycles. The zero-order valence-corrected chi connectivity index (χ0v) is 25.4. The molecule has 1 aliphatic rings. The Bertz CT molecular complexity index is 1790. The van der Waals surface area contributed by atoms with E-state index in [0.29, 0.717) is 18.3 Å². The van der Waals surface area contributed by atoms with E-state index in [4.69, 9.17) is 4.74 Å². The number of aromatic nitrogens is 2. The lowest BCUT2D eigenvalue weighted by atomic mass is 10.2. The summed E-state index contributed by atoms with van der Waals surface area (Å²) in [5.41, 5.74) is 3.43. The van der Waals surface area contributed by atoms with Gasteiger partial charge in [0.2, 0.25) is 10.0 Å². The number of thioether (sulfide) groups is 1. The number of hydrogen-bond donors (Lipinski definition) is 1.